The maximum Gasteiger partial charge on any atom is 0.235 e. The van der Waals surface area contributed by atoms with Crippen LogP contribution in [0.2, 0.25) is 0 Å². The second kappa shape index (κ2) is 6.08. The van der Waals surface area contributed by atoms with Gasteiger partial charge in [0, 0.05) is 6.54 Å². The average Bonchev–Trinajstić information content (AvgIpc) is 2.84. The fourth-order valence-corrected chi connectivity index (χ4v) is 3.82. The summed E-state index contributed by atoms with van der Waals surface area (Å²) in [7, 11) is 0. The van der Waals surface area contributed by atoms with Gasteiger partial charge in [0.25, 0.3) is 0 Å². The number of hydrogen-bond acceptors (Lipinski definition) is 1. The summed E-state index contributed by atoms with van der Waals surface area (Å²) >= 11 is 0. The molecule has 1 amide bonds. The van der Waals surface area contributed by atoms with Crippen LogP contribution in [0.1, 0.15) is 51.7 Å². The van der Waals surface area contributed by atoms with Crippen LogP contribution in [0.25, 0.3) is 11.1 Å². The van der Waals surface area contributed by atoms with Gasteiger partial charge in [0.1, 0.15) is 5.41 Å². The molecule has 2 aromatic carbocycles. The molecular weight excluding hydrogens is 294 g/mol. The highest BCUT2D eigenvalue weighted by Gasteiger charge is 2.48. The first-order chi connectivity index (χ1) is 11.4. The lowest BCUT2D eigenvalue weighted by atomic mass is 9.73. The lowest BCUT2D eigenvalue weighted by molar-refractivity contribution is -0.126. The summed E-state index contributed by atoms with van der Waals surface area (Å²) in [5.41, 5.74) is 4.22. The predicted octanol–water partition coefficient (Wildman–Crippen LogP) is 4.92. The Hall–Kier alpha value is -2.09. The Morgan fingerprint density at radius 3 is 1.92 bits per heavy atom. The van der Waals surface area contributed by atoms with Crippen LogP contribution in [0.3, 0.4) is 0 Å². The third-order valence-electron chi connectivity index (χ3n) is 4.86. The fraction of sp³-hybridized carbons (Fsp3) is 0.409. The van der Waals surface area contributed by atoms with Crippen molar-refractivity contribution in [2.75, 3.05) is 6.54 Å². The zero-order chi connectivity index (χ0) is 17.4. The molecule has 0 heterocycles. The fourth-order valence-electron chi connectivity index (χ4n) is 3.82. The molecule has 2 aromatic rings. The van der Waals surface area contributed by atoms with Crippen molar-refractivity contribution >= 4 is 5.91 Å². The number of rotatable bonds is 4. The third-order valence-corrected chi connectivity index (χ3v) is 4.86. The normalized spacial score (nSPS) is 14.8. The second-order valence-corrected chi connectivity index (χ2v) is 7.99. The molecule has 0 aromatic heterocycles. The lowest BCUT2D eigenvalue weighted by Crippen LogP contribution is -2.46. The first kappa shape index (κ1) is 16.8. The van der Waals surface area contributed by atoms with E-state index >= 15 is 0 Å². The Morgan fingerprint density at radius 2 is 1.46 bits per heavy atom. The van der Waals surface area contributed by atoms with Crippen LogP contribution in [-0.2, 0) is 10.2 Å². The molecule has 1 aliphatic rings. The van der Waals surface area contributed by atoms with Crippen molar-refractivity contribution in [2.45, 2.75) is 46.0 Å². The van der Waals surface area contributed by atoms with E-state index in [0.717, 1.165) is 24.0 Å². The summed E-state index contributed by atoms with van der Waals surface area (Å²) < 4.78 is 0. The molecule has 0 saturated carbocycles. The minimum absolute atomic E-state index is 0.0701. The molecule has 0 aliphatic heterocycles. The van der Waals surface area contributed by atoms with Crippen LogP contribution in [0.4, 0.5) is 0 Å². The first-order valence-electron chi connectivity index (χ1n) is 8.88. The highest BCUT2D eigenvalue weighted by atomic mass is 16.2. The number of hydrogen-bond donors (Lipinski definition) is 1. The number of carbonyl (C=O) groups is 1. The van der Waals surface area contributed by atoms with Crippen LogP contribution in [0.15, 0.2) is 48.5 Å². The van der Waals surface area contributed by atoms with E-state index in [9.17, 15) is 4.79 Å². The monoisotopic (exact) mass is 321 g/mol. The van der Waals surface area contributed by atoms with Crippen molar-refractivity contribution < 1.29 is 4.79 Å². The molecule has 0 atom stereocenters. The van der Waals surface area contributed by atoms with Gasteiger partial charge in [-0.05, 0) is 34.1 Å². The highest BCUT2D eigenvalue weighted by Crippen LogP contribution is 2.51. The first-order valence-corrected chi connectivity index (χ1v) is 8.88. The summed E-state index contributed by atoms with van der Waals surface area (Å²) in [6.07, 6.45) is 1.79. The largest absolute Gasteiger partial charge is 0.355 e. The molecule has 2 heteroatoms. The molecule has 126 valence electrons. The van der Waals surface area contributed by atoms with E-state index in [2.05, 4.69) is 69.4 Å². The molecule has 1 N–H and O–H groups in total. The quantitative estimate of drug-likeness (QED) is 0.851. The third kappa shape index (κ3) is 2.64. The molecule has 1 aliphatic carbocycles. The van der Waals surface area contributed by atoms with Gasteiger partial charge in [-0.1, -0.05) is 82.6 Å². The van der Waals surface area contributed by atoms with E-state index in [1.807, 2.05) is 12.1 Å². The van der Waals surface area contributed by atoms with Gasteiger partial charge >= 0.3 is 0 Å². The molecule has 24 heavy (non-hydrogen) atoms. The van der Waals surface area contributed by atoms with E-state index < -0.39 is 5.41 Å². The van der Waals surface area contributed by atoms with Gasteiger partial charge in [0.05, 0.1) is 0 Å². The van der Waals surface area contributed by atoms with E-state index in [4.69, 9.17) is 0 Å². The van der Waals surface area contributed by atoms with E-state index in [0.29, 0.717) is 6.54 Å². The Labute approximate surface area is 145 Å². The predicted molar refractivity (Wildman–Crippen MR) is 100 cm³/mol. The Morgan fingerprint density at radius 1 is 0.958 bits per heavy atom. The van der Waals surface area contributed by atoms with Crippen LogP contribution < -0.4 is 5.32 Å². The molecule has 3 rings (SSSR count). The number of amides is 1. The molecule has 0 saturated heterocycles. The van der Waals surface area contributed by atoms with Gasteiger partial charge in [-0.25, -0.2) is 0 Å². The van der Waals surface area contributed by atoms with Crippen molar-refractivity contribution in [2.24, 2.45) is 5.41 Å². The molecule has 2 nitrogen and oxygen atoms in total. The molecule has 0 spiro atoms. The van der Waals surface area contributed by atoms with Crippen LogP contribution >= 0.6 is 0 Å². The number of benzene rings is 2. The summed E-state index contributed by atoms with van der Waals surface area (Å²) in [5.74, 6) is 0.136. The number of carbonyl (C=O) groups excluding carboxylic acids is 1. The molecule has 0 unspecified atom stereocenters. The maximum absolute atomic E-state index is 13.4. The zero-order valence-corrected chi connectivity index (χ0v) is 15.1. The van der Waals surface area contributed by atoms with Crippen LogP contribution in [0, 0.1) is 5.41 Å². The van der Waals surface area contributed by atoms with Gasteiger partial charge < -0.3 is 5.32 Å². The van der Waals surface area contributed by atoms with E-state index in [1.165, 1.54) is 11.1 Å². The summed E-state index contributed by atoms with van der Waals surface area (Å²) in [6.45, 7) is 9.28. The highest BCUT2D eigenvalue weighted by molar-refractivity contribution is 6.00. The van der Waals surface area contributed by atoms with Gasteiger partial charge in [-0.2, -0.15) is 0 Å². The molecular formula is C22H27NO. The van der Waals surface area contributed by atoms with Crippen molar-refractivity contribution in [1.29, 1.82) is 0 Å². The summed E-state index contributed by atoms with van der Waals surface area (Å²) in [6, 6.07) is 16.8. The Bertz CT molecular complexity index is 709. The minimum atomic E-state index is -0.562. The number of nitrogens with one attached hydrogen (secondary N) is 1. The SMILES string of the molecule is CCCC1(C(=O)NCC(C)(C)C)c2ccccc2-c2ccccc21. The smallest absolute Gasteiger partial charge is 0.235 e. The average molecular weight is 321 g/mol. The van der Waals surface area contributed by atoms with E-state index in [1.54, 1.807) is 0 Å². The van der Waals surface area contributed by atoms with Crippen molar-refractivity contribution in [3.05, 3.63) is 59.7 Å². The van der Waals surface area contributed by atoms with E-state index in [-0.39, 0.29) is 11.3 Å². The van der Waals surface area contributed by atoms with Crippen molar-refractivity contribution in [3.8, 4) is 11.1 Å². The van der Waals surface area contributed by atoms with Gasteiger partial charge in [-0.3, -0.25) is 4.79 Å². The number of fused-ring (bicyclic) bond motifs is 3. The lowest BCUT2D eigenvalue weighted by Gasteiger charge is -2.32. The Balaban J connectivity index is 2.14. The van der Waals surface area contributed by atoms with Crippen molar-refractivity contribution in [1.82, 2.24) is 5.32 Å². The van der Waals surface area contributed by atoms with Crippen LogP contribution in [-0.4, -0.2) is 12.5 Å². The molecule has 0 radical (unpaired) electrons. The zero-order valence-electron chi connectivity index (χ0n) is 15.1. The van der Waals surface area contributed by atoms with Gasteiger partial charge in [-0.15, -0.1) is 0 Å². The standard InChI is InChI=1S/C22H27NO/c1-5-14-22(20(24)23-15-21(2,3)4)18-12-8-6-10-16(18)17-11-7-9-13-19(17)22/h6-13H,5,14-15H2,1-4H3,(H,23,24). The Kier molecular flexibility index (Phi) is 4.25. The van der Waals surface area contributed by atoms with Gasteiger partial charge in [0.15, 0.2) is 0 Å². The minimum Gasteiger partial charge on any atom is -0.355 e. The summed E-state index contributed by atoms with van der Waals surface area (Å²) in [5, 5.41) is 3.23. The summed E-state index contributed by atoms with van der Waals surface area (Å²) in [4.78, 5) is 13.4. The maximum atomic E-state index is 13.4. The molecule has 0 bridgehead atoms. The second-order valence-electron chi connectivity index (χ2n) is 7.99. The van der Waals surface area contributed by atoms with Gasteiger partial charge in [0.2, 0.25) is 5.91 Å². The molecule has 0 fully saturated rings. The van der Waals surface area contributed by atoms with Crippen molar-refractivity contribution in [3.63, 3.8) is 0 Å². The topological polar surface area (TPSA) is 29.1 Å². The van der Waals surface area contributed by atoms with Crippen LogP contribution in [0.5, 0.6) is 0 Å².